The lowest BCUT2D eigenvalue weighted by Crippen LogP contribution is -2.44. The van der Waals surface area contributed by atoms with Crippen LogP contribution in [0.2, 0.25) is 0 Å². The highest BCUT2D eigenvalue weighted by molar-refractivity contribution is 5.90. The maximum Gasteiger partial charge on any atom is 0.343 e. The maximum absolute atomic E-state index is 13.3. The quantitative estimate of drug-likeness (QED) is 0.487. The minimum atomic E-state index is -1.85. The van der Waals surface area contributed by atoms with Gasteiger partial charge in [0.25, 0.3) is 5.56 Å². The van der Waals surface area contributed by atoms with Gasteiger partial charge in [0.05, 0.1) is 36.1 Å². The van der Waals surface area contributed by atoms with Crippen LogP contribution in [-0.4, -0.2) is 27.7 Å². The maximum atomic E-state index is 13.3. The van der Waals surface area contributed by atoms with E-state index in [-0.39, 0.29) is 24.6 Å². The Bertz CT molecular complexity index is 1330. The molecule has 0 saturated heterocycles. The van der Waals surface area contributed by atoms with E-state index in [1.165, 1.54) is 0 Å². The zero-order valence-corrected chi connectivity index (χ0v) is 17.6. The number of cyclic esters (lactones) is 1. The fourth-order valence-corrected chi connectivity index (χ4v) is 4.74. The lowest BCUT2D eigenvalue weighted by atomic mass is 9.86. The second-order valence-electron chi connectivity index (χ2n) is 8.13. The van der Waals surface area contributed by atoms with E-state index in [4.69, 9.17) is 20.2 Å². The molecule has 0 aliphatic carbocycles. The number of fused-ring (bicyclic) bond motifs is 5. The number of nitrogens with zero attached hydrogens (tertiary/aromatic N) is 2. The van der Waals surface area contributed by atoms with Gasteiger partial charge in [-0.25, -0.2) is 9.78 Å². The number of pyridine rings is 2. The molecule has 0 bridgehead atoms. The van der Waals surface area contributed by atoms with Gasteiger partial charge in [-0.1, -0.05) is 6.92 Å². The molecule has 8 nitrogen and oxygen atoms in total. The molecule has 8 heteroatoms. The van der Waals surface area contributed by atoms with Crippen LogP contribution in [0.1, 0.15) is 48.6 Å². The molecule has 5 rings (SSSR count). The number of aliphatic hydroxyl groups is 1. The highest BCUT2D eigenvalue weighted by Gasteiger charge is 2.45. The second-order valence-corrected chi connectivity index (χ2v) is 8.13. The Balaban J connectivity index is 1.84. The molecule has 0 spiro atoms. The monoisotopic (exact) mass is 421 g/mol. The highest BCUT2D eigenvalue weighted by atomic mass is 16.6. The van der Waals surface area contributed by atoms with Crippen molar-refractivity contribution in [2.45, 2.75) is 45.1 Å². The number of hydrogen-bond donors (Lipinski definition) is 2. The van der Waals surface area contributed by atoms with Crippen molar-refractivity contribution in [3.8, 4) is 17.1 Å². The first-order chi connectivity index (χ1) is 14.8. The number of esters is 1. The van der Waals surface area contributed by atoms with Gasteiger partial charge in [-0.05, 0) is 37.1 Å². The van der Waals surface area contributed by atoms with Gasteiger partial charge < -0.3 is 24.9 Å². The average Bonchev–Trinajstić information content (AvgIpc) is 3.12. The van der Waals surface area contributed by atoms with Gasteiger partial charge in [0.15, 0.2) is 5.60 Å². The Morgan fingerprint density at radius 2 is 2.10 bits per heavy atom. The van der Waals surface area contributed by atoms with Crippen molar-refractivity contribution >= 4 is 16.9 Å². The van der Waals surface area contributed by atoms with E-state index in [1.54, 1.807) is 24.7 Å². The number of benzene rings is 1. The smallest absolute Gasteiger partial charge is 0.343 e. The zero-order chi connectivity index (χ0) is 22.1. The molecular formula is C23H23N3O5. The van der Waals surface area contributed by atoms with Crippen LogP contribution in [0.3, 0.4) is 0 Å². The normalized spacial score (nSPS) is 20.1. The molecule has 3 N–H and O–H groups in total. The Kier molecular flexibility index (Phi) is 4.22. The minimum absolute atomic E-state index is 0.0992. The molecule has 1 aromatic carbocycles. The van der Waals surface area contributed by atoms with Crippen LogP contribution in [0.5, 0.6) is 5.75 Å². The molecule has 2 aromatic heterocycles. The standard InChI is InChI=1S/C23H23N3O5/c1-4-23(29)16-8-18-20-14(9-26(18)21(27)15(16)10-31-22(23)28)19(11(2)24)13-6-5-12(30-3)7-17(13)25-20/h5-8,11,29H,4,9-10,24H2,1-3H3/t11-,23+/m1/s1. The summed E-state index contributed by atoms with van der Waals surface area (Å²) in [6, 6.07) is 7.04. The summed E-state index contributed by atoms with van der Waals surface area (Å²) in [6.45, 7) is 3.75. The highest BCUT2D eigenvalue weighted by Crippen LogP contribution is 2.41. The summed E-state index contributed by atoms with van der Waals surface area (Å²) < 4.78 is 12.1. The van der Waals surface area contributed by atoms with Crippen molar-refractivity contribution in [3.63, 3.8) is 0 Å². The van der Waals surface area contributed by atoms with Crippen LogP contribution >= 0.6 is 0 Å². The van der Waals surface area contributed by atoms with Crippen molar-refractivity contribution in [1.29, 1.82) is 0 Å². The van der Waals surface area contributed by atoms with Crippen molar-refractivity contribution in [3.05, 3.63) is 56.9 Å². The first kappa shape index (κ1) is 19.7. The number of nitrogens with two attached hydrogens (primary N) is 1. The van der Waals surface area contributed by atoms with Crippen molar-refractivity contribution < 1.29 is 19.4 Å². The number of aromatic nitrogens is 2. The SMILES string of the molecule is CC[C@@]1(O)C(=O)OCc2c1cc1n(c2=O)Cc2c-1nc1cc(OC)ccc1c2[C@@H](C)N. The molecule has 0 unspecified atom stereocenters. The summed E-state index contributed by atoms with van der Waals surface area (Å²) in [7, 11) is 1.59. The van der Waals surface area contributed by atoms with Gasteiger partial charge in [0, 0.05) is 28.6 Å². The lowest BCUT2D eigenvalue weighted by molar-refractivity contribution is -0.172. The van der Waals surface area contributed by atoms with E-state index in [0.717, 1.165) is 16.5 Å². The number of rotatable bonds is 3. The zero-order valence-electron chi connectivity index (χ0n) is 17.6. The largest absolute Gasteiger partial charge is 0.497 e. The second kappa shape index (κ2) is 6.63. The number of carbonyl (C=O) groups is 1. The molecule has 0 saturated carbocycles. The van der Waals surface area contributed by atoms with Crippen LogP contribution in [0, 0.1) is 0 Å². The summed E-state index contributed by atoms with van der Waals surface area (Å²) in [5.41, 5.74) is 8.49. The van der Waals surface area contributed by atoms with Crippen molar-refractivity contribution in [2.75, 3.05) is 7.11 Å². The van der Waals surface area contributed by atoms with E-state index in [9.17, 15) is 14.7 Å². The molecule has 31 heavy (non-hydrogen) atoms. The summed E-state index contributed by atoms with van der Waals surface area (Å²) in [5, 5.41) is 11.9. The van der Waals surface area contributed by atoms with Gasteiger partial charge in [-0.3, -0.25) is 4.79 Å². The summed E-state index contributed by atoms with van der Waals surface area (Å²) >= 11 is 0. The van der Waals surface area contributed by atoms with Gasteiger partial charge in [0.1, 0.15) is 12.4 Å². The van der Waals surface area contributed by atoms with E-state index in [1.807, 2.05) is 25.1 Å². The molecule has 4 heterocycles. The van der Waals surface area contributed by atoms with Crippen LogP contribution in [-0.2, 0) is 28.3 Å². The Morgan fingerprint density at radius 3 is 2.77 bits per heavy atom. The average molecular weight is 421 g/mol. The third kappa shape index (κ3) is 2.58. The molecule has 0 radical (unpaired) electrons. The molecule has 0 fully saturated rings. The van der Waals surface area contributed by atoms with Gasteiger partial charge in [-0.2, -0.15) is 0 Å². The predicted octanol–water partition coefficient (Wildman–Crippen LogP) is 2.11. The summed E-state index contributed by atoms with van der Waals surface area (Å²) in [6.07, 6.45) is 0.0992. The van der Waals surface area contributed by atoms with Crippen LogP contribution in [0.4, 0.5) is 0 Å². The van der Waals surface area contributed by atoms with E-state index in [2.05, 4.69) is 0 Å². The van der Waals surface area contributed by atoms with Crippen molar-refractivity contribution in [2.24, 2.45) is 5.73 Å². The van der Waals surface area contributed by atoms with E-state index in [0.29, 0.717) is 40.3 Å². The summed E-state index contributed by atoms with van der Waals surface area (Å²) in [5.74, 6) is -0.0722. The third-order valence-corrected chi connectivity index (χ3v) is 6.40. The molecule has 2 atom stereocenters. The number of methoxy groups -OCH3 is 1. The number of ether oxygens (including phenoxy) is 2. The Hall–Kier alpha value is -3.23. The summed E-state index contributed by atoms with van der Waals surface area (Å²) in [4.78, 5) is 30.5. The molecule has 3 aromatic rings. The Labute approximate surface area is 178 Å². The van der Waals surface area contributed by atoms with Gasteiger partial charge in [-0.15, -0.1) is 0 Å². The van der Waals surface area contributed by atoms with Crippen LogP contribution in [0.15, 0.2) is 29.1 Å². The Morgan fingerprint density at radius 1 is 1.32 bits per heavy atom. The fraction of sp³-hybridized carbons (Fsp3) is 0.348. The number of carbonyl (C=O) groups excluding carboxylic acids is 1. The molecule has 2 aliphatic heterocycles. The first-order valence-electron chi connectivity index (χ1n) is 10.2. The molecular weight excluding hydrogens is 398 g/mol. The fourth-order valence-electron chi connectivity index (χ4n) is 4.74. The van der Waals surface area contributed by atoms with Gasteiger partial charge in [0.2, 0.25) is 0 Å². The van der Waals surface area contributed by atoms with E-state index < -0.39 is 11.6 Å². The third-order valence-electron chi connectivity index (χ3n) is 6.40. The van der Waals surface area contributed by atoms with Gasteiger partial charge >= 0.3 is 5.97 Å². The molecule has 160 valence electrons. The lowest BCUT2D eigenvalue weighted by Gasteiger charge is -2.31. The van der Waals surface area contributed by atoms with Crippen molar-refractivity contribution in [1.82, 2.24) is 9.55 Å². The molecule has 2 aliphatic rings. The molecule has 0 amide bonds. The predicted molar refractivity (Wildman–Crippen MR) is 114 cm³/mol. The van der Waals surface area contributed by atoms with E-state index >= 15 is 0 Å². The topological polar surface area (TPSA) is 117 Å². The minimum Gasteiger partial charge on any atom is -0.497 e. The van der Waals surface area contributed by atoms with Crippen LogP contribution in [0.25, 0.3) is 22.3 Å². The van der Waals surface area contributed by atoms with Crippen LogP contribution < -0.4 is 16.0 Å². The first-order valence-corrected chi connectivity index (χ1v) is 10.2. The number of hydrogen-bond acceptors (Lipinski definition) is 7.